The van der Waals surface area contributed by atoms with Crippen LogP contribution in [0.2, 0.25) is 0 Å². The highest BCUT2D eigenvalue weighted by molar-refractivity contribution is 7.89. The molecule has 1 saturated heterocycles. The number of carbonyl (C=O) groups excluding carboxylic acids is 1. The number of carbonyl (C=O) groups is 1. The number of rotatable bonds is 7. The Morgan fingerprint density at radius 1 is 1.15 bits per heavy atom. The average molecular weight is 391 g/mol. The van der Waals surface area contributed by atoms with E-state index in [-0.39, 0.29) is 23.5 Å². The number of sulfone groups is 1. The van der Waals surface area contributed by atoms with Crippen molar-refractivity contribution >= 4 is 15.7 Å². The largest absolute Gasteiger partial charge is 0.455 e. The predicted molar refractivity (Wildman–Crippen MR) is 104 cm³/mol. The molecule has 1 aromatic carbocycles. The number of nitrogens with zero attached hydrogens (tertiary/aromatic N) is 1. The summed E-state index contributed by atoms with van der Waals surface area (Å²) < 4.78 is 28.0. The van der Waals surface area contributed by atoms with E-state index < -0.39 is 9.84 Å². The SMILES string of the molecule is CS(=O)(=O)Cc1ccc(C(=O)NC2CCN(CCc3ccccc3)CC2)o1. The van der Waals surface area contributed by atoms with Crippen LogP contribution in [-0.4, -0.2) is 51.2 Å². The van der Waals surface area contributed by atoms with Crippen LogP contribution in [-0.2, 0) is 22.0 Å². The van der Waals surface area contributed by atoms with Crippen LogP contribution in [0, 0.1) is 0 Å². The molecule has 0 unspecified atom stereocenters. The lowest BCUT2D eigenvalue weighted by molar-refractivity contribution is 0.0882. The lowest BCUT2D eigenvalue weighted by atomic mass is 10.0. The van der Waals surface area contributed by atoms with Crippen molar-refractivity contribution in [3.05, 3.63) is 59.5 Å². The third-order valence-corrected chi connectivity index (χ3v) is 5.58. The lowest BCUT2D eigenvalue weighted by Gasteiger charge is -2.32. The van der Waals surface area contributed by atoms with Gasteiger partial charge in [0.2, 0.25) is 0 Å². The van der Waals surface area contributed by atoms with E-state index in [9.17, 15) is 13.2 Å². The van der Waals surface area contributed by atoms with Gasteiger partial charge in [-0.15, -0.1) is 0 Å². The van der Waals surface area contributed by atoms with Crippen molar-refractivity contribution in [1.29, 1.82) is 0 Å². The van der Waals surface area contributed by atoms with E-state index in [0.29, 0.717) is 5.76 Å². The second-order valence-electron chi connectivity index (χ2n) is 7.16. The number of likely N-dealkylation sites (tertiary alicyclic amines) is 1. The average Bonchev–Trinajstić information content (AvgIpc) is 3.09. The van der Waals surface area contributed by atoms with E-state index in [4.69, 9.17) is 4.42 Å². The van der Waals surface area contributed by atoms with Crippen molar-refractivity contribution in [2.75, 3.05) is 25.9 Å². The molecule has 2 heterocycles. The molecular weight excluding hydrogens is 364 g/mol. The quantitative estimate of drug-likeness (QED) is 0.784. The fraction of sp³-hybridized carbons (Fsp3) is 0.450. The smallest absolute Gasteiger partial charge is 0.287 e. The maximum atomic E-state index is 12.3. The van der Waals surface area contributed by atoms with Gasteiger partial charge in [0, 0.05) is 31.9 Å². The molecule has 27 heavy (non-hydrogen) atoms. The molecule has 0 atom stereocenters. The Bertz CT molecular complexity index is 853. The molecule has 0 bridgehead atoms. The summed E-state index contributed by atoms with van der Waals surface area (Å²) in [7, 11) is -3.18. The van der Waals surface area contributed by atoms with Gasteiger partial charge in [-0.25, -0.2) is 8.42 Å². The molecule has 1 amide bonds. The number of amides is 1. The van der Waals surface area contributed by atoms with Crippen LogP contribution in [0.15, 0.2) is 46.9 Å². The van der Waals surface area contributed by atoms with Crippen LogP contribution >= 0.6 is 0 Å². The van der Waals surface area contributed by atoms with E-state index in [0.717, 1.165) is 45.2 Å². The van der Waals surface area contributed by atoms with E-state index in [2.05, 4.69) is 34.5 Å². The normalized spacial score (nSPS) is 16.3. The standard InChI is InChI=1S/C20H26N2O4S/c1-27(24,25)15-18-7-8-19(26-18)20(23)21-17-10-13-22(14-11-17)12-9-16-5-3-2-4-6-16/h2-8,17H,9-15H2,1H3,(H,21,23). The van der Waals surface area contributed by atoms with Gasteiger partial charge in [0.1, 0.15) is 11.5 Å². The zero-order chi connectivity index (χ0) is 19.3. The number of hydrogen-bond donors (Lipinski definition) is 1. The predicted octanol–water partition coefficient (Wildman–Crippen LogP) is 2.26. The van der Waals surface area contributed by atoms with Gasteiger partial charge in [-0.2, -0.15) is 0 Å². The molecule has 3 rings (SSSR count). The minimum Gasteiger partial charge on any atom is -0.455 e. The van der Waals surface area contributed by atoms with Crippen LogP contribution < -0.4 is 5.32 Å². The van der Waals surface area contributed by atoms with E-state index in [1.165, 1.54) is 11.6 Å². The second kappa shape index (κ2) is 8.71. The first-order chi connectivity index (χ1) is 12.9. The fourth-order valence-electron chi connectivity index (χ4n) is 3.33. The van der Waals surface area contributed by atoms with Gasteiger partial charge in [-0.3, -0.25) is 4.79 Å². The highest BCUT2D eigenvalue weighted by Crippen LogP contribution is 2.14. The maximum Gasteiger partial charge on any atom is 0.287 e. The first kappa shape index (κ1) is 19.6. The number of hydrogen-bond acceptors (Lipinski definition) is 5. The summed E-state index contributed by atoms with van der Waals surface area (Å²) in [5.74, 6) is -0.0175. The summed E-state index contributed by atoms with van der Waals surface area (Å²) in [4.78, 5) is 14.7. The second-order valence-corrected chi connectivity index (χ2v) is 9.30. The molecule has 2 aromatic rings. The van der Waals surface area contributed by atoms with Crippen molar-refractivity contribution in [3.8, 4) is 0 Å². The van der Waals surface area contributed by atoms with Gasteiger partial charge >= 0.3 is 0 Å². The van der Waals surface area contributed by atoms with Crippen LogP contribution in [0.25, 0.3) is 0 Å². The topological polar surface area (TPSA) is 79.6 Å². The number of benzene rings is 1. The molecule has 0 spiro atoms. The van der Waals surface area contributed by atoms with E-state index in [1.807, 2.05) is 6.07 Å². The fourth-order valence-corrected chi connectivity index (χ4v) is 4.00. The minimum absolute atomic E-state index is 0.119. The first-order valence-corrected chi connectivity index (χ1v) is 11.3. The summed E-state index contributed by atoms with van der Waals surface area (Å²) in [6.45, 7) is 2.93. The molecule has 1 aliphatic rings. The van der Waals surface area contributed by atoms with Crippen LogP contribution in [0.1, 0.15) is 34.7 Å². The van der Waals surface area contributed by atoms with Crippen LogP contribution in [0.4, 0.5) is 0 Å². The minimum atomic E-state index is -3.18. The highest BCUT2D eigenvalue weighted by atomic mass is 32.2. The molecular formula is C20H26N2O4S. The Morgan fingerprint density at radius 2 is 1.85 bits per heavy atom. The number of furan rings is 1. The monoisotopic (exact) mass is 390 g/mol. The lowest BCUT2D eigenvalue weighted by Crippen LogP contribution is -2.45. The van der Waals surface area contributed by atoms with E-state index >= 15 is 0 Å². The molecule has 146 valence electrons. The van der Waals surface area contributed by atoms with Crippen molar-refractivity contribution in [2.45, 2.75) is 31.1 Å². The molecule has 1 fully saturated rings. The zero-order valence-corrected chi connectivity index (χ0v) is 16.4. The van der Waals surface area contributed by atoms with Crippen molar-refractivity contribution in [2.24, 2.45) is 0 Å². The summed E-state index contributed by atoms with van der Waals surface area (Å²) in [5.41, 5.74) is 1.34. The third-order valence-electron chi connectivity index (χ3n) is 4.77. The van der Waals surface area contributed by atoms with Gasteiger partial charge in [-0.1, -0.05) is 30.3 Å². The Balaban J connectivity index is 1.43. The summed E-state index contributed by atoms with van der Waals surface area (Å²) in [5, 5.41) is 3.00. The Kier molecular flexibility index (Phi) is 6.34. The van der Waals surface area contributed by atoms with Crippen LogP contribution in [0.5, 0.6) is 0 Å². The number of piperidine rings is 1. The molecule has 1 aromatic heterocycles. The van der Waals surface area contributed by atoms with Crippen LogP contribution in [0.3, 0.4) is 0 Å². The molecule has 1 N–H and O–H groups in total. The molecule has 6 nitrogen and oxygen atoms in total. The van der Waals surface area contributed by atoms with Gasteiger partial charge in [0.25, 0.3) is 5.91 Å². The van der Waals surface area contributed by atoms with Crippen molar-refractivity contribution in [1.82, 2.24) is 10.2 Å². The van der Waals surface area contributed by atoms with Gasteiger partial charge in [-0.05, 0) is 37.0 Å². The Labute approximate surface area is 160 Å². The molecule has 0 radical (unpaired) electrons. The zero-order valence-electron chi connectivity index (χ0n) is 15.6. The van der Waals surface area contributed by atoms with Gasteiger partial charge < -0.3 is 14.6 Å². The summed E-state index contributed by atoms with van der Waals surface area (Å²) >= 11 is 0. The maximum absolute atomic E-state index is 12.3. The van der Waals surface area contributed by atoms with Crippen molar-refractivity contribution < 1.29 is 17.6 Å². The first-order valence-electron chi connectivity index (χ1n) is 9.22. The summed E-state index contributed by atoms with van der Waals surface area (Å²) in [6, 6.07) is 13.6. The van der Waals surface area contributed by atoms with Crippen molar-refractivity contribution in [3.63, 3.8) is 0 Å². The number of nitrogens with one attached hydrogen (secondary N) is 1. The third kappa shape index (κ3) is 6.22. The molecule has 0 aliphatic carbocycles. The Morgan fingerprint density at radius 3 is 2.52 bits per heavy atom. The molecule has 0 saturated carbocycles. The highest BCUT2D eigenvalue weighted by Gasteiger charge is 2.22. The van der Waals surface area contributed by atoms with Gasteiger partial charge in [0.05, 0.1) is 0 Å². The van der Waals surface area contributed by atoms with Gasteiger partial charge in [0.15, 0.2) is 15.6 Å². The molecule has 7 heteroatoms. The van der Waals surface area contributed by atoms with E-state index in [1.54, 1.807) is 6.07 Å². The summed E-state index contributed by atoms with van der Waals surface area (Å²) in [6.07, 6.45) is 3.98. The Hall–Kier alpha value is -2.12. The molecule has 1 aliphatic heterocycles.